The fourth-order valence-corrected chi connectivity index (χ4v) is 4.57. The monoisotopic (exact) mass is 455 g/mol. The molecule has 0 saturated heterocycles. The van der Waals surface area contributed by atoms with Crippen molar-refractivity contribution in [1.82, 2.24) is 5.43 Å². The molecule has 31 heavy (non-hydrogen) atoms. The molecule has 1 N–H and O–H groups in total. The Balaban J connectivity index is 1.87. The van der Waals surface area contributed by atoms with Crippen LogP contribution in [0.1, 0.15) is 16.7 Å². The van der Waals surface area contributed by atoms with Gasteiger partial charge in [0.2, 0.25) is 0 Å². The van der Waals surface area contributed by atoms with E-state index < -0.39 is 22.5 Å². The lowest BCUT2D eigenvalue weighted by Gasteiger charge is -2.25. The first-order chi connectivity index (χ1) is 14.8. The SMILES string of the molecule is Cc1ccc(S(=O)(=O)N(CC(=O)N/N=C/c2ccccc2Cl)c2ccccc2C)cc1. The lowest BCUT2D eigenvalue weighted by Crippen LogP contribution is -2.40. The summed E-state index contributed by atoms with van der Waals surface area (Å²) >= 11 is 6.07. The van der Waals surface area contributed by atoms with E-state index in [0.29, 0.717) is 16.3 Å². The zero-order chi connectivity index (χ0) is 22.4. The molecule has 1 amide bonds. The van der Waals surface area contributed by atoms with Crippen molar-refractivity contribution in [3.8, 4) is 0 Å². The van der Waals surface area contributed by atoms with Crippen LogP contribution in [-0.2, 0) is 14.8 Å². The Morgan fingerprint density at radius 3 is 2.32 bits per heavy atom. The van der Waals surface area contributed by atoms with Crippen LogP contribution in [0.15, 0.2) is 82.8 Å². The first-order valence-corrected chi connectivity index (χ1v) is 11.3. The van der Waals surface area contributed by atoms with Gasteiger partial charge in [0, 0.05) is 10.6 Å². The van der Waals surface area contributed by atoms with Crippen molar-refractivity contribution in [2.24, 2.45) is 5.10 Å². The molecular weight excluding hydrogens is 434 g/mol. The van der Waals surface area contributed by atoms with E-state index in [2.05, 4.69) is 10.5 Å². The lowest BCUT2D eigenvalue weighted by molar-refractivity contribution is -0.119. The van der Waals surface area contributed by atoms with Crippen molar-refractivity contribution in [2.45, 2.75) is 18.7 Å². The third kappa shape index (κ3) is 5.51. The topological polar surface area (TPSA) is 78.8 Å². The number of amides is 1. The molecule has 0 heterocycles. The second-order valence-corrected chi connectivity index (χ2v) is 9.20. The van der Waals surface area contributed by atoms with Crippen LogP contribution in [0.25, 0.3) is 0 Å². The van der Waals surface area contributed by atoms with Gasteiger partial charge in [-0.05, 0) is 43.7 Å². The maximum absolute atomic E-state index is 13.4. The van der Waals surface area contributed by atoms with Crippen LogP contribution in [0.3, 0.4) is 0 Å². The van der Waals surface area contributed by atoms with Crippen LogP contribution >= 0.6 is 11.6 Å². The first-order valence-electron chi connectivity index (χ1n) is 9.50. The van der Waals surface area contributed by atoms with Crippen molar-refractivity contribution < 1.29 is 13.2 Å². The number of sulfonamides is 1. The number of carbonyl (C=O) groups is 1. The van der Waals surface area contributed by atoms with Gasteiger partial charge in [0.25, 0.3) is 15.9 Å². The molecule has 0 unspecified atom stereocenters. The third-order valence-corrected chi connectivity index (χ3v) is 6.70. The molecule has 0 spiro atoms. The summed E-state index contributed by atoms with van der Waals surface area (Å²) < 4.78 is 27.8. The standard InChI is InChI=1S/C23H22ClN3O3S/c1-17-11-13-20(14-12-17)31(29,30)27(22-10-6-3-7-18(22)2)16-23(28)26-25-15-19-8-4-5-9-21(19)24/h3-15H,16H2,1-2H3,(H,26,28)/b25-15+. The molecule has 3 aromatic carbocycles. The molecule has 0 fully saturated rings. The number of aryl methyl sites for hydroxylation is 2. The molecule has 0 aromatic heterocycles. The predicted molar refractivity (Wildman–Crippen MR) is 124 cm³/mol. The van der Waals surface area contributed by atoms with Crippen LogP contribution in [-0.4, -0.2) is 27.1 Å². The molecule has 0 bridgehead atoms. The highest BCUT2D eigenvalue weighted by Gasteiger charge is 2.28. The highest BCUT2D eigenvalue weighted by Crippen LogP contribution is 2.26. The zero-order valence-electron chi connectivity index (χ0n) is 17.1. The summed E-state index contributed by atoms with van der Waals surface area (Å²) in [4.78, 5) is 12.7. The maximum Gasteiger partial charge on any atom is 0.264 e. The number of hydrogen-bond donors (Lipinski definition) is 1. The zero-order valence-corrected chi connectivity index (χ0v) is 18.7. The Kier molecular flexibility index (Phi) is 7.09. The highest BCUT2D eigenvalue weighted by molar-refractivity contribution is 7.92. The van der Waals surface area contributed by atoms with Crippen LogP contribution in [0.5, 0.6) is 0 Å². The summed E-state index contributed by atoms with van der Waals surface area (Å²) in [7, 11) is -3.97. The maximum atomic E-state index is 13.4. The Bertz CT molecular complexity index is 1210. The number of halogens is 1. The average molecular weight is 456 g/mol. The molecule has 0 aliphatic carbocycles. The molecule has 0 radical (unpaired) electrons. The predicted octanol–water partition coefficient (Wildman–Crippen LogP) is 4.30. The molecular formula is C23H22ClN3O3S. The number of rotatable bonds is 7. The largest absolute Gasteiger partial charge is 0.271 e. The van der Waals surface area contributed by atoms with Gasteiger partial charge in [-0.2, -0.15) is 5.10 Å². The van der Waals surface area contributed by atoms with Gasteiger partial charge in [0.1, 0.15) is 6.54 Å². The molecule has 8 heteroatoms. The third-order valence-electron chi connectivity index (χ3n) is 4.58. The van der Waals surface area contributed by atoms with Crippen LogP contribution in [0, 0.1) is 13.8 Å². The van der Waals surface area contributed by atoms with Gasteiger partial charge in [0.05, 0.1) is 16.8 Å². The van der Waals surface area contributed by atoms with Crippen LogP contribution < -0.4 is 9.73 Å². The number of para-hydroxylation sites is 1. The van der Waals surface area contributed by atoms with E-state index in [1.165, 1.54) is 18.3 Å². The van der Waals surface area contributed by atoms with E-state index in [-0.39, 0.29) is 4.90 Å². The number of nitrogens with one attached hydrogen (secondary N) is 1. The summed E-state index contributed by atoms with van der Waals surface area (Å²) in [5, 5.41) is 4.40. The molecule has 0 aliphatic heterocycles. The number of anilines is 1. The summed E-state index contributed by atoms with van der Waals surface area (Å²) in [5.74, 6) is -0.581. The molecule has 6 nitrogen and oxygen atoms in total. The van der Waals surface area contributed by atoms with Gasteiger partial charge in [-0.15, -0.1) is 0 Å². The molecule has 0 aliphatic rings. The number of hydrogen-bond acceptors (Lipinski definition) is 4. The average Bonchev–Trinajstić information content (AvgIpc) is 2.74. The van der Waals surface area contributed by atoms with Crippen molar-refractivity contribution in [2.75, 3.05) is 10.8 Å². The molecule has 0 atom stereocenters. The van der Waals surface area contributed by atoms with Gasteiger partial charge >= 0.3 is 0 Å². The van der Waals surface area contributed by atoms with Gasteiger partial charge < -0.3 is 0 Å². The van der Waals surface area contributed by atoms with E-state index in [1.54, 1.807) is 61.5 Å². The first kappa shape index (κ1) is 22.5. The second kappa shape index (κ2) is 9.76. The number of nitrogens with zero attached hydrogens (tertiary/aromatic N) is 2. The van der Waals surface area contributed by atoms with E-state index in [9.17, 15) is 13.2 Å². The van der Waals surface area contributed by atoms with Crippen molar-refractivity contribution >= 4 is 39.4 Å². The van der Waals surface area contributed by atoms with Crippen LogP contribution in [0.4, 0.5) is 5.69 Å². The number of benzene rings is 3. The number of carbonyl (C=O) groups excluding carboxylic acids is 1. The molecule has 3 aromatic rings. The molecule has 160 valence electrons. The van der Waals surface area contributed by atoms with Crippen molar-refractivity contribution in [1.29, 1.82) is 0 Å². The van der Waals surface area contributed by atoms with E-state index >= 15 is 0 Å². The normalized spacial score (nSPS) is 11.5. The van der Waals surface area contributed by atoms with E-state index in [1.807, 2.05) is 13.0 Å². The van der Waals surface area contributed by atoms with Crippen molar-refractivity contribution in [3.63, 3.8) is 0 Å². The van der Waals surface area contributed by atoms with Crippen LogP contribution in [0.2, 0.25) is 5.02 Å². The van der Waals surface area contributed by atoms with E-state index in [0.717, 1.165) is 15.4 Å². The van der Waals surface area contributed by atoms with Gasteiger partial charge in [-0.1, -0.05) is 65.7 Å². The number of hydrazone groups is 1. The van der Waals surface area contributed by atoms with Gasteiger partial charge in [-0.3, -0.25) is 9.10 Å². The fraction of sp³-hybridized carbons (Fsp3) is 0.130. The Hall–Kier alpha value is -3.16. The summed E-state index contributed by atoms with van der Waals surface area (Å²) in [6.07, 6.45) is 1.41. The minimum absolute atomic E-state index is 0.105. The minimum Gasteiger partial charge on any atom is -0.271 e. The summed E-state index contributed by atoms with van der Waals surface area (Å²) in [6, 6.07) is 20.5. The Morgan fingerprint density at radius 2 is 1.65 bits per heavy atom. The lowest BCUT2D eigenvalue weighted by atomic mass is 10.2. The second-order valence-electron chi connectivity index (χ2n) is 6.93. The quantitative estimate of drug-likeness (QED) is 0.426. The Labute approximate surface area is 187 Å². The smallest absolute Gasteiger partial charge is 0.264 e. The summed E-state index contributed by atoms with van der Waals surface area (Å²) in [5.41, 5.74) is 5.10. The highest BCUT2D eigenvalue weighted by atomic mass is 35.5. The molecule has 0 saturated carbocycles. The molecule has 3 rings (SSSR count). The van der Waals surface area contributed by atoms with E-state index in [4.69, 9.17) is 11.6 Å². The summed E-state index contributed by atoms with van der Waals surface area (Å²) in [6.45, 7) is 3.24. The van der Waals surface area contributed by atoms with Gasteiger partial charge in [-0.25, -0.2) is 13.8 Å². The van der Waals surface area contributed by atoms with Crippen molar-refractivity contribution in [3.05, 3.63) is 94.5 Å². The minimum atomic E-state index is -3.97. The fourth-order valence-electron chi connectivity index (χ4n) is 2.90. The Morgan fingerprint density at radius 1 is 1.00 bits per heavy atom. The van der Waals surface area contributed by atoms with Gasteiger partial charge in [0.15, 0.2) is 0 Å².